The van der Waals surface area contributed by atoms with Crippen LogP contribution in [0.1, 0.15) is 0 Å². The number of rotatable bonds is 4. The first-order chi connectivity index (χ1) is 11.3. The van der Waals surface area contributed by atoms with E-state index in [2.05, 4.69) is 9.97 Å². The van der Waals surface area contributed by atoms with Gasteiger partial charge in [0, 0.05) is 24.0 Å². The van der Waals surface area contributed by atoms with E-state index < -0.39 is 25.1 Å². The fourth-order valence-electron chi connectivity index (χ4n) is 2.07. The van der Waals surface area contributed by atoms with Gasteiger partial charge in [0.2, 0.25) is 0 Å². The maximum atomic E-state index is 12.3. The van der Waals surface area contributed by atoms with E-state index in [9.17, 15) is 21.4 Å². The average Bonchev–Trinajstić information content (AvgIpc) is 2.54. The van der Waals surface area contributed by atoms with Crippen molar-refractivity contribution in [2.75, 3.05) is 0 Å². The Bertz CT molecular complexity index is 1110. The Kier molecular flexibility index (Phi) is 3.95. The molecule has 0 aliphatic heterocycles. The molecule has 3 rings (SSSR count). The van der Waals surface area contributed by atoms with Crippen molar-refractivity contribution in [2.45, 2.75) is 9.79 Å². The standard InChI is InChI=1S/C14H10N2O6S2/c17-23(18,19)13-6-5-12(14-11(13)4-2-8-16-14)22-24(20,21)10-3-1-7-15-9-10/h1-9H,(H,17,18,19). The summed E-state index contributed by atoms with van der Waals surface area (Å²) < 4.78 is 61.7. The molecule has 124 valence electrons. The predicted molar refractivity (Wildman–Crippen MR) is 83.6 cm³/mol. The first-order valence-electron chi connectivity index (χ1n) is 6.49. The monoisotopic (exact) mass is 366 g/mol. The molecule has 0 unspecified atom stereocenters. The van der Waals surface area contributed by atoms with Crippen molar-refractivity contribution < 1.29 is 25.6 Å². The molecule has 2 aromatic heterocycles. The van der Waals surface area contributed by atoms with Crippen LogP contribution in [0, 0.1) is 0 Å². The summed E-state index contributed by atoms with van der Waals surface area (Å²) >= 11 is 0. The van der Waals surface area contributed by atoms with Gasteiger partial charge in [-0.25, -0.2) is 0 Å². The molecular formula is C14H10N2O6S2. The molecule has 24 heavy (non-hydrogen) atoms. The minimum atomic E-state index is -4.50. The van der Waals surface area contributed by atoms with Crippen molar-refractivity contribution in [2.24, 2.45) is 0 Å². The van der Waals surface area contributed by atoms with E-state index in [1.165, 1.54) is 36.7 Å². The number of hydrogen-bond donors (Lipinski definition) is 1. The molecule has 10 heteroatoms. The van der Waals surface area contributed by atoms with Crippen LogP contribution in [0.4, 0.5) is 0 Å². The Morgan fingerprint density at radius 3 is 2.38 bits per heavy atom. The van der Waals surface area contributed by atoms with Gasteiger partial charge in [-0.15, -0.1) is 0 Å². The van der Waals surface area contributed by atoms with Gasteiger partial charge in [-0.1, -0.05) is 0 Å². The normalized spacial score (nSPS) is 12.2. The first kappa shape index (κ1) is 16.3. The zero-order valence-corrected chi connectivity index (χ0v) is 13.5. The molecule has 3 aromatic rings. The highest BCUT2D eigenvalue weighted by molar-refractivity contribution is 7.87. The lowest BCUT2D eigenvalue weighted by molar-refractivity contribution is 0.484. The van der Waals surface area contributed by atoms with Crippen molar-refractivity contribution >= 4 is 31.1 Å². The number of nitrogens with zero attached hydrogens (tertiary/aromatic N) is 2. The van der Waals surface area contributed by atoms with Gasteiger partial charge < -0.3 is 4.18 Å². The number of pyridine rings is 2. The molecule has 1 N–H and O–H groups in total. The Balaban J connectivity index is 2.16. The molecule has 0 saturated carbocycles. The third kappa shape index (κ3) is 3.07. The lowest BCUT2D eigenvalue weighted by Crippen LogP contribution is -2.11. The van der Waals surface area contributed by atoms with Crippen LogP contribution in [0.15, 0.2) is 64.8 Å². The topological polar surface area (TPSA) is 124 Å². The van der Waals surface area contributed by atoms with Gasteiger partial charge >= 0.3 is 10.1 Å². The summed E-state index contributed by atoms with van der Waals surface area (Å²) in [5.74, 6) is -0.165. The van der Waals surface area contributed by atoms with Crippen LogP contribution in [0.25, 0.3) is 10.9 Å². The van der Waals surface area contributed by atoms with Gasteiger partial charge in [-0.3, -0.25) is 14.5 Å². The molecule has 0 aliphatic carbocycles. The molecule has 1 aromatic carbocycles. The quantitative estimate of drug-likeness (QED) is 0.546. The molecular weight excluding hydrogens is 356 g/mol. The third-order valence-corrected chi connectivity index (χ3v) is 5.22. The Morgan fingerprint density at radius 2 is 1.71 bits per heavy atom. The number of hydrogen-bond acceptors (Lipinski definition) is 7. The second-order valence-electron chi connectivity index (χ2n) is 4.66. The summed E-state index contributed by atoms with van der Waals surface area (Å²) in [4.78, 5) is 7.12. The first-order valence-corrected chi connectivity index (χ1v) is 9.33. The van der Waals surface area contributed by atoms with E-state index in [0.29, 0.717) is 0 Å². The molecule has 0 radical (unpaired) electrons. The second-order valence-corrected chi connectivity index (χ2v) is 7.60. The van der Waals surface area contributed by atoms with E-state index in [1.807, 2.05) is 0 Å². The average molecular weight is 366 g/mol. The summed E-state index contributed by atoms with van der Waals surface area (Å²) in [6.07, 6.45) is 3.88. The van der Waals surface area contributed by atoms with Gasteiger partial charge in [-0.2, -0.15) is 16.8 Å². The molecule has 8 nitrogen and oxygen atoms in total. The Labute approximate surface area is 137 Å². The highest BCUT2D eigenvalue weighted by atomic mass is 32.2. The smallest absolute Gasteiger partial charge is 0.340 e. The van der Waals surface area contributed by atoms with E-state index in [0.717, 1.165) is 18.3 Å². The maximum Gasteiger partial charge on any atom is 0.340 e. The minimum absolute atomic E-state index is 0.0138. The number of benzene rings is 1. The van der Waals surface area contributed by atoms with Crippen molar-refractivity contribution in [3.63, 3.8) is 0 Å². The van der Waals surface area contributed by atoms with Crippen LogP contribution >= 0.6 is 0 Å². The third-order valence-electron chi connectivity index (χ3n) is 3.09. The Hall–Kier alpha value is -2.56. The number of aromatic nitrogens is 2. The van der Waals surface area contributed by atoms with Crippen molar-refractivity contribution in [1.29, 1.82) is 0 Å². The van der Waals surface area contributed by atoms with E-state index in [1.54, 1.807) is 0 Å². The van der Waals surface area contributed by atoms with E-state index in [-0.39, 0.29) is 21.5 Å². The van der Waals surface area contributed by atoms with E-state index >= 15 is 0 Å². The lowest BCUT2D eigenvalue weighted by Gasteiger charge is -2.10. The van der Waals surface area contributed by atoms with Gasteiger partial charge in [0.25, 0.3) is 10.1 Å². The molecule has 0 amide bonds. The summed E-state index contributed by atoms with van der Waals surface area (Å²) in [5, 5.41) is 0.0406. The fourth-order valence-corrected chi connectivity index (χ4v) is 3.66. The van der Waals surface area contributed by atoms with Crippen LogP contribution in [-0.4, -0.2) is 31.4 Å². The summed E-state index contributed by atoms with van der Waals surface area (Å²) in [5.41, 5.74) is -0.0138. The molecule has 0 saturated heterocycles. The SMILES string of the molecule is O=S(=O)(O)c1ccc(OS(=O)(=O)c2cccnc2)c2ncccc12. The number of fused-ring (bicyclic) bond motifs is 1. The van der Waals surface area contributed by atoms with Crippen LogP contribution < -0.4 is 4.18 Å². The zero-order valence-electron chi connectivity index (χ0n) is 11.9. The van der Waals surface area contributed by atoms with Gasteiger partial charge in [0.1, 0.15) is 15.3 Å². The fraction of sp³-hybridized carbons (Fsp3) is 0. The van der Waals surface area contributed by atoms with Crippen LogP contribution in [0.5, 0.6) is 5.75 Å². The summed E-state index contributed by atoms with van der Waals surface area (Å²) in [6.45, 7) is 0. The molecule has 0 spiro atoms. The van der Waals surface area contributed by atoms with Crippen molar-refractivity contribution in [1.82, 2.24) is 9.97 Å². The molecule has 0 bridgehead atoms. The lowest BCUT2D eigenvalue weighted by atomic mass is 10.2. The highest BCUT2D eigenvalue weighted by Gasteiger charge is 2.22. The zero-order chi connectivity index (χ0) is 17.4. The summed E-state index contributed by atoms with van der Waals surface area (Å²) in [6, 6.07) is 7.75. The van der Waals surface area contributed by atoms with Crippen LogP contribution in [-0.2, 0) is 20.2 Å². The highest BCUT2D eigenvalue weighted by Crippen LogP contribution is 2.31. The maximum absolute atomic E-state index is 12.3. The molecule has 0 fully saturated rings. The van der Waals surface area contributed by atoms with Gasteiger partial charge in [0.05, 0.1) is 0 Å². The van der Waals surface area contributed by atoms with Crippen LogP contribution in [0.2, 0.25) is 0 Å². The molecule has 2 heterocycles. The van der Waals surface area contributed by atoms with Gasteiger partial charge in [-0.05, 0) is 36.4 Å². The molecule has 0 atom stereocenters. The minimum Gasteiger partial charge on any atom is -0.377 e. The molecule has 0 aliphatic rings. The van der Waals surface area contributed by atoms with Crippen molar-refractivity contribution in [3.8, 4) is 5.75 Å². The predicted octanol–water partition coefficient (Wildman–Crippen LogP) is 1.64. The van der Waals surface area contributed by atoms with Crippen LogP contribution in [0.3, 0.4) is 0 Å². The van der Waals surface area contributed by atoms with Gasteiger partial charge in [0.15, 0.2) is 5.75 Å². The summed E-state index contributed by atoms with van der Waals surface area (Å²) in [7, 11) is -8.66. The largest absolute Gasteiger partial charge is 0.377 e. The van der Waals surface area contributed by atoms with E-state index in [4.69, 9.17) is 4.18 Å². The second kappa shape index (κ2) is 5.82. The van der Waals surface area contributed by atoms with Crippen molar-refractivity contribution in [3.05, 3.63) is 55.0 Å². The Morgan fingerprint density at radius 1 is 0.958 bits per heavy atom.